The van der Waals surface area contributed by atoms with Crippen LogP contribution in [-0.2, 0) is 0 Å². The van der Waals surface area contributed by atoms with Gasteiger partial charge in [0.1, 0.15) is 0 Å². The van der Waals surface area contributed by atoms with Gasteiger partial charge in [0.15, 0.2) is 0 Å². The Morgan fingerprint density at radius 1 is 0.500 bits per heavy atom. The van der Waals surface area contributed by atoms with Crippen molar-refractivity contribution in [2.24, 2.45) is 29.6 Å². The minimum absolute atomic E-state index is 0.373. The van der Waals surface area contributed by atoms with Gasteiger partial charge in [0.2, 0.25) is 0 Å². The van der Waals surface area contributed by atoms with Gasteiger partial charge in [0.25, 0.3) is 0 Å². The fourth-order valence-electron chi connectivity index (χ4n) is 8.35. The minimum Gasteiger partial charge on any atom is -0.396 e. The van der Waals surface area contributed by atoms with Crippen molar-refractivity contribution in [3.63, 3.8) is 0 Å². The summed E-state index contributed by atoms with van der Waals surface area (Å²) in [5.74, 6) is 4.55. The van der Waals surface area contributed by atoms with E-state index in [0.717, 1.165) is 60.6 Å². The smallest absolute Gasteiger partial charge is 0.0433 e. The van der Waals surface area contributed by atoms with Gasteiger partial charge < -0.3 is 10.2 Å². The zero-order valence-corrected chi connectivity index (χ0v) is 21.1. The van der Waals surface area contributed by atoms with Crippen LogP contribution in [-0.4, -0.2) is 46.5 Å². The van der Waals surface area contributed by atoms with Gasteiger partial charge in [-0.05, 0) is 132 Å². The number of rotatable bonds is 8. The van der Waals surface area contributed by atoms with Crippen LogP contribution >= 0.6 is 0 Å². The zero-order chi connectivity index (χ0) is 22.3. The van der Waals surface area contributed by atoms with Gasteiger partial charge in [0.05, 0.1) is 0 Å². The molecule has 0 aliphatic heterocycles. The molecule has 4 fully saturated rings. The van der Waals surface area contributed by atoms with Crippen LogP contribution in [0.5, 0.6) is 0 Å². The summed E-state index contributed by atoms with van der Waals surface area (Å²) in [5, 5.41) is 18.8. The largest absolute Gasteiger partial charge is 0.396 e. The van der Waals surface area contributed by atoms with Gasteiger partial charge in [0, 0.05) is 31.3 Å². The predicted octanol–water partition coefficient (Wildman–Crippen LogP) is 6.56. The summed E-state index contributed by atoms with van der Waals surface area (Å²) < 4.78 is 0. The topological polar surface area (TPSA) is 43.7 Å². The molecule has 0 aromatic heterocycles. The molecule has 0 amide bonds. The van der Waals surface area contributed by atoms with Crippen LogP contribution in [0.25, 0.3) is 0 Å². The molecular weight excluding hydrogens is 394 g/mol. The fraction of sp³-hybridized carbons (Fsp3) is 1.00. The van der Waals surface area contributed by atoms with Crippen molar-refractivity contribution in [3.8, 4) is 0 Å². The first kappa shape index (κ1) is 25.0. The first-order chi connectivity index (χ1) is 15.7. The van der Waals surface area contributed by atoms with Gasteiger partial charge >= 0.3 is 0 Å². The van der Waals surface area contributed by atoms with E-state index >= 15 is 0 Å². The predicted molar refractivity (Wildman–Crippen MR) is 134 cm³/mol. The summed E-state index contributed by atoms with van der Waals surface area (Å²) in [4.78, 5) is 3.09. The Labute approximate surface area is 198 Å². The maximum Gasteiger partial charge on any atom is 0.0433 e. The fourth-order valence-corrected chi connectivity index (χ4v) is 8.35. The molecule has 0 aromatic rings. The highest BCUT2D eigenvalue weighted by molar-refractivity contribution is 4.93. The molecule has 0 radical (unpaired) electrons. The second-order valence-electron chi connectivity index (χ2n) is 12.4. The Morgan fingerprint density at radius 3 is 1.22 bits per heavy atom. The molecule has 4 aliphatic rings. The molecule has 3 nitrogen and oxygen atoms in total. The third-order valence-electron chi connectivity index (χ3n) is 10.4. The summed E-state index contributed by atoms with van der Waals surface area (Å²) in [5.41, 5.74) is 0. The normalized spacial score (nSPS) is 41.6. The molecule has 0 unspecified atom stereocenters. The average molecular weight is 448 g/mol. The molecular formula is C29H53NO2. The van der Waals surface area contributed by atoms with Gasteiger partial charge in [-0.3, -0.25) is 4.90 Å². The lowest BCUT2D eigenvalue weighted by molar-refractivity contribution is -0.00440. The molecule has 4 rings (SSSR count). The number of hydrogen-bond donors (Lipinski definition) is 2. The van der Waals surface area contributed by atoms with Crippen molar-refractivity contribution in [2.45, 2.75) is 141 Å². The number of hydrogen-bond acceptors (Lipinski definition) is 3. The van der Waals surface area contributed by atoms with E-state index in [1.54, 1.807) is 0 Å². The molecule has 186 valence electrons. The number of nitrogens with zero attached hydrogens (tertiary/aromatic N) is 1. The van der Waals surface area contributed by atoms with Crippen LogP contribution < -0.4 is 0 Å². The average Bonchev–Trinajstić information content (AvgIpc) is 2.83. The molecule has 2 N–H and O–H groups in total. The first-order valence-electron chi connectivity index (χ1n) is 14.7. The number of aliphatic hydroxyl groups excluding tert-OH is 2. The van der Waals surface area contributed by atoms with E-state index in [1.165, 1.54) is 103 Å². The van der Waals surface area contributed by atoms with Gasteiger partial charge in [-0.1, -0.05) is 19.8 Å². The second kappa shape index (κ2) is 12.5. The third kappa shape index (κ3) is 6.51. The standard InChI is InChI=1S/C29H53NO2/c1-22-2-8-25(9-3-22)26-10-16-29(17-11-26)30(27-12-4-23(5-13-27)18-20-31)28-14-6-24(7-15-28)19-21-32/h22-29,31-32H,2-21H2,1H3. The second-order valence-corrected chi connectivity index (χ2v) is 12.4. The molecule has 4 saturated carbocycles. The van der Waals surface area contributed by atoms with Crippen molar-refractivity contribution < 1.29 is 10.2 Å². The van der Waals surface area contributed by atoms with E-state index in [4.69, 9.17) is 0 Å². The van der Waals surface area contributed by atoms with Crippen LogP contribution in [0.15, 0.2) is 0 Å². The summed E-state index contributed by atoms with van der Waals surface area (Å²) in [6, 6.07) is 2.41. The van der Waals surface area contributed by atoms with Crippen molar-refractivity contribution in [3.05, 3.63) is 0 Å². The third-order valence-corrected chi connectivity index (χ3v) is 10.4. The van der Waals surface area contributed by atoms with Gasteiger partial charge in [-0.25, -0.2) is 0 Å². The van der Waals surface area contributed by atoms with E-state index in [1.807, 2.05) is 0 Å². The molecule has 0 aromatic carbocycles. The molecule has 0 saturated heterocycles. The van der Waals surface area contributed by atoms with Gasteiger partial charge in [-0.2, -0.15) is 0 Å². The zero-order valence-electron chi connectivity index (χ0n) is 21.1. The Hall–Kier alpha value is -0.120. The van der Waals surface area contributed by atoms with E-state index in [2.05, 4.69) is 11.8 Å². The van der Waals surface area contributed by atoms with Crippen LogP contribution in [0, 0.1) is 29.6 Å². The molecule has 4 aliphatic carbocycles. The lowest BCUT2D eigenvalue weighted by Gasteiger charge is -2.50. The summed E-state index contributed by atoms with van der Waals surface area (Å²) >= 11 is 0. The molecule has 0 bridgehead atoms. The monoisotopic (exact) mass is 447 g/mol. The molecule has 0 spiro atoms. The van der Waals surface area contributed by atoms with E-state index < -0.39 is 0 Å². The highest BCUT2D eigenvalue weighted by Gasteiger charge is 2.39. The SMILES string of the molecule is CC1CCC(C2CCC(N(C3CCC(CCO)CC3)C3CCC(CCO)CC3)CC2)CC1. The highest BCUT2D eigenvalue weighted by Crippen LogP contribution is 2.44. The lowest BCUT2D eigenvalue weighted by Crippen LogP contribution is -2.53. The van der Waals surface area contributed by atoms with E-state index in [-0.39, 0.29) is 0 Å². The van der Waals surface area contributed by atoms with Crippen LogP contribution in [0.2, 0.25) is 0 Å². The lowest BCUT2D eigenvalue weighted by atomic mass is 9.70. The summed E-state index contributed by atoms with van der Waals surface area (Å²) in [6.07, 6.45) is 24.6. The highest BCUT2D eigenvalue weighted by atomic mass is 16.3. The first-order valence-corrected chi connectivity index (χ1v) is 14.7. The summed E-state index contributed by atoms with van der Waals surface area (Å²) in [6.45, 7) is 3.20. The molecule has 0 atom stereocenters. The van der Waals surface area contributed by atoms with Gasteiger partial charge in [-0.15, -0.1) is 0 Å². The molecule has 32 heavy (non-hydrogen) atoms. The van der Waals surface area contributed by atoms with Crippen LogP contribution in [0.4, 0.5) is 0 Å². The maximum absolute atomic E-state index is 9.39. The van der Waals surface area contributed by atoms with E-state index in [9.17, 15) is 10.2 Å². The Bertz CT molecular complexity index is 481. The van der Waals surface area contributed by atoms with Crippen molar-refractivity contribution in [1.29, 1.82) is 0 Å². The van der Waals surface area contributed by atoms with Crippen molar-refractivity contribution in [2.75, 3.05) is 13.2 Å². The Balaban J connectivity index is 1.35. The minimum atomic E-state index is 0.373. The van der Waals surface area contributed by atoms with Crippen LogP contribution in [0.1, 0.15) is 122 Å². The van der Waals surface area contributed by atoms with E-state index in [0.29, 0.717) is 13.2 Å². The quantitative estimate of drug-likeness (QED) is 0.443. The Morgan fingerprint density at radius 2 is 0.844 bits per heavy atom. The molecule has 0 heterocycles. The maximum atomic E-state index is 9.39. The summed E-state index contributed by atoms with van der Waals surface area (Å²) in [7, 11) is 0. The van der Waals surface area contributed by atoms with Crippen molar-refractivity contribution in [1.82, 2.24) is 4.90 Å². The molecule has 3 heteroatoms. The van der Waals surface area contributed by atoms with Crippen LogP contribution in [0.3, 0.4) is 0 Å². The van der Waals surface area contributed by atoms with Crippen molar-refractivity contribution >= 4 is 0 Å². The Kier molecular flexibility index (Phi) is 9.80. The number of aliphatic hydroxyl groups is 2.